The summed E-state index contributed by atoms with van der Waals surface area (Å²) in [5.74, 6) is 0.341. The second-order valence-electron chi connectivity index (χ2n) is 4.02. The molecule has 0 unspecified atom stereocenters. The molecule has 1 amide bonds. The number of halogens is 1. The van der Waals surface area contributed by atoms with Crippen molar-refractivity contribution in [2.24, 2.45) is 5.16 Å². The molecule has 0 aliphatic heterocycles. The van der Waals surface area contributed by atoms with E-state index in [0.717, 1.165) is 0 Å². The van der Waals surface area contributed by atoms with E-state index >= 15 is 0 Å². The summed E-state index contributed by atoms with van der Waals surface area (Å²) in [5, 5.41) is 6.02. The van der Waals surface area contributed by atoms with Crippen LogP contribution in [-0.4, -0.2) is 19.4 Å². The van der Waals surface area contributed by atoms with E-state index in [1.165, 1.54) is 30.5 Å². The molecule has 0 saturated carbocycles. The van der Waals surface area contributed by atoms with Crippen molar-refractivity contribution < 1.29 is 18.8 Å². The highest BCUT2D eigenvalue weighted by molar-refractivity contribution is 5.85. The predicted octanol–water partition coefficient (Wildman–Crippen LogP) is 3.42. The summed E-state index contributed by atoms with van der Waals surface area (Å²) in [7, 11) is 1.56. The van der Waals surface area contributed by atoms with Crippen LogP contribution in [0.2, 0.25) is 0 Å². The van der Waals surface area contributed by atoms with Crippen LogP contribution in [-0.2, 0) is 4.84 Å². The number of carbonyl (C=O) groups excluding carboxylic acids is 1. The number of nitrogens with zero attached hydrogens (tertiary/aromatic N) is 1. The van der Waals surface area contributed by atoms with Crippen LogP contribution in [0.5, 0.6) is 5.75 Å². The molecule has 0 radical (unpaired) electrons. The van der Waals surface area contributed by atoms with Gasteiger partial charge < -0.3 is 4.74 Å². The number of hydrogen-bond acceptors (Lipinski definition) is 4. The van der Waals surface area contributed by atoms with Crippen molar-refractivity contribution in [2.45, 2.75) is 0 Å². The molecule has 0 atom stereocenters. The average Bonchev–Trinajstić information content (AvgIpc) is 2.50. The third kappa shape index (κ3) is 4.61. The maximum Gasteiger partial charge on any atom is 0.437 e. The minimum atomic E-state index is -0.724. The van der Waals surface area contributed by atoms with Gasteiger partial charge in [-0.25, -0.2) is 9.18 Å². The molecule has 2 aromatic carbocycles. The zero-order chi connectivity index (χ0) is 15.1. The molecule has 1 N–H and O–H groups in total. The second-order valence-corrected chi connectivity index (χ2v) is 4.02. The number of anilines is 1. The van der Waals surface area contributed by atoms with Crippen molar-refractivity contribution in [2.75, 3.05) is 12.4 Å². The standard InChI is InChI=1S/C15H13FN2O3/c1-20-14-8-6-13(7-9-14)18-15(19)21-17-10-11-2-4-12(16)5-3-11/h2-10H,1H3,(H,18,19)/b17-10-. The van der Waals surface area contributed by atoms with E-state index in [1.54, 1.807) is 31.4 Å². The van der Waals surface area contributed by atoms with E-state index in [2.05, 4.69) is 15.3 Å². The van der Waals surface area contributed by atoms with Crippen LogP contribution >= 0.6 is 0 Å². The minimum Gasteiger partial charge on any atom is -0.497 e. The lowest BCUT2D eigenvalue weighted by molar-refractivity contribution is 0.167. The van der Waals surface area contributed by atoms with Crippen molar-refractivity contribution in [3.05, 3.63) is 59.9 Å². The Hall–Kier alpha value is -2.89. The van der Waals surface area contributed by atoms with Gasteiger partial charge in [0, 0.05) is 5.69 Å². The van der Waals surface area contributed by atoms with Crippen LogP contribution in [0.25, 0.3) is 0 Å². The fraction of sp³-hybridized carbons (Fsp3) is 0.0667. The molecule has 2 aromatic rings. The molecule has 0 heterocycles. The van der Waals surface area contributed by atoms with Crippen LogP contribution in [0, 0.1) is 5.82 Å². The second kappa shape index (κ2) is 7.04. The Kier molecular flexibility index (Phi) is 4.87. The molecule has 0 fully saturated rings. The number of carbonyl (C=O) groups is 1. The Morgan fingerprint density at radius 2 is 1.81 bits per heavy atom. The number of ether oxygens (including phenoxy) is 1. The highest BCUT2D eigenvalue weighted by Crippen LogP contribution is 2.15. The van der Waals surface area contributed by atoms with Gasteiger partial charge in [0.15, 0.2) is 0 Å². The van der Waals surface area contributed by atoms with Gasteiger partial charge in [0.05, 0.1) is 13.3 Å². The maximum atomic E-state index is 12.7. The van der Waals surface area contributed by atoms with Gasteiger partial charge >= 0.3 is 6.09 Å². The van der Waals surface area contributed by atoms with E-state index in [9.17, 15) is 9.18 Å². The van der Waals surface area contributed by atoms with E-state index in [1.807, 2.05) is 0 Å². The molecule has 0 bridgehead atoms. The van der Waals surface area contributed by atoms with Crippen LogP contribution in [0.4, 0.5) is 14.9 Å². The molecule has 0 aromatic heterocycles. The lowest BCUT2D eigenvalue weighted by Crippen LogP contribution is -2.10. The highest BCUT2D eigenvalue weighted by atomic mass is 19.1. The fourth-order valence-electron chi connectivity index (χ4n) is 1.50. The first kappa shape index (κ1) is 14.5. The largest absolute Gasteiger partial charge is 0.497 e. The van der Waals surface area contributed by atoms with Crippen LogP contribution in [0.15, 0.2) is 53.7 Å². The number of nitrogens with one attached hydrogen (secondary N) is 1. The van der Waals surface area contributed by atoms with Gasteiger partial charge in [-0.3, -0.25) is 10.2 Å². The number of amides is 1. The molecular weight excluding hydrogens is 275 g/mol. The normalized spacial score (nSPS) is 10.4. The number of methoxy groups -OCH3 is 1. The van der Waals surface area contributed by atoms with E-state index < -0.39 is 6.09 Å². The average molecular weight is 288 g/mol. The molecule has 0 aliphatic carbocycles. The monoisotopic (exact) mass is 288 g/mol. The number of benzene rings is 2. The van der Waals surface area contributed by atoms with E-state index in [0.29, 0.717) is 17.0 Å². The first-order chi connectivity index (χ1) is 10.2. The predicted molar refractivity (Wildman–Crippen MR) is 77.1 cm³/mol. The Morgan fingerprint density at radius 3 is 2.43 bits per heavy atom. The lowest BCUT2D eigenvalue weighted by atomic mass is 10.2. The molecule has 108 valence electrons. The summed E-state index contributed by atoms with van der Waals surface area (Å²) in [6, 6.07) is 12.4. The number of rotatable bonds is 4. The SMILES string of the molecule is COc1ccc(NC(=O)O/N=C\c2ccc(F)cc2)cc1. The first-order valence-corrected chi connectivity index (χ1v) is 6.08. The number of hydrogen-bond donors (Lipinski definition) is 1. The van der Waals surface area contributed by atoms with Crippen molar-refractivity contribution in [1.29, 1.82) is 0 Å². The van der Waals surface area contributed by atoms with E-state index in [-0.39, 0.29) is 5.82 Å². The summed E-state index contributed by atoms with van der Waals surface area (Å²) in [5.41, 5.74) is 1.17. The van der Waals surface area contributed by atoms with Crippen LogP contribution in [0.1, 0.15) is 5.56 Å². The fourth-order valence-corrected chi connectivity index (χ4v) is 1.50. The molecule has 0 saturated heterocycles. The number of oxime groups is 1. The van der Waals surface area contributed by atoms with Crippen molar-refractivity contribution in [3.8, 4) is 5.75 Å². The molecule has 5 nitrogen and oxygen atoms in total. The topological polar surface area (TPSA) is 59.9 Å². The molecule has 0 spiro atoms. The zero-order valence-corrected chi connectivity index (χ0v) is 11.2. The van der Waals surface area contributed by atoms with Crippen LogP contribution < -0.4 is 10.1 Å². The molecule has 0 aliphatic rings. The van der Waals surface area contributed by atoms with Crippen molar-refractivity contribution in [1.82, 2.24) is 0 Å². The third-order valence-corrected chi connectivity index (χ3v) is 2.54. The Morgan fingerprint density at radius 1 is 1.14 bits per heavy atom. The summed E-state index contributed by atoms with van der Waals surface area (Å²) in [4.78, 5) is 16.1. The lowest BCUT2D eigenvalue weighted by Gasteiger charge is -2.03. The van der Waals surface area contributed by atoms with Crippen LogP contribution in [0.3, 0.4) is 0 Å². The first-order valence-electron chi connectivity index (χ1n) is 6.08. The van der Waals surface area contributed by atoms with Crippen molar-refractivity contribution >= 4 is 18.0 Å². The van der Waals surface area contributed by atoms with Gasteiger partial charge in [-0.2, -0.15) is 0 Å². The molecule has 6 heteroatoms. The van der Waals surface area contributed by atoms with Gasteiger partial charge in [0.1, 0.15) is 11.6 Å². The van der Waals surface area contributed by atoms with Crippen molar-refractivity contribution in [3.63, 3.8) is 0 Å². The Balaban J connectivity index is 1.85. The summed E-state index contributed by atoms with van der Waals surface area (Å²) in [6.45, 7) is 0. The molecule has 2 rings (SSSR count). The minimum absolute atomic E-state index is 0.342. The zero-order valence-electron chi connectivity index (χ0n) is 11.2. The van der Waals surface area contributed by atoms with Gasteiger partial charge in [-0.05, 0) is 42.0 Å². The van der Waals surface area contributed by atoms with Gasteiger partial charge in [-0.15, -0.1) is 0 Å². The maximum absolute atomic E-state index is 12.7. The van der Waals surface area contributed by atoms with Gasteiger partial charge in [-0.1, -0.05) is 17.3 Å². The van der Waals surface area contributed by atoms with Gasteiger partial charge in [0.25, 0.3) is 0 Å². The quantitative estimate of drug-likeness (QED) is 0.533. The summed E-state index contributed by atoms with van der Waals surface area (Å²) >= 11 is 0. The van der Waals surface area contributed by atoms with E-state index in [4.69, 9.17) is 4.74 Å². The highest BCUT2D eigenvalue weighted by Gasteiger charge is 2.02. The smallest absolute Gasteiger partial charge is 0.437 e. The van der Waals surface area contributed by atoms with Gasteiger partial charge in [0.2, 0.25) is 0 Å². The third-order valence-electron chi connectivity index (χ3n) is 2.54. The Bertz CT molecular complexity index is 624. The Labute approximate surface area is 121 Å². The molecular formula is C15H13FN2O3. The summed E-state index contributed by atoms with van der Waals surface area (Å²) < 4.78 is 17.7. The molecule has 21 heavy (non-hydrogen) atoms. The summed E-state index contributed by atoms with van der Waals surface area (Å²) in [6.07, 6.45) is 0.589.